The molecule has 1 N–H and O–H groups in total. The van der Waals surface area contributed by atoms with E-state index in [9.17, 15) is 18.0 Å². The van der Waals surface area contributed by atoms with E-state index in [4.69, 9.17) is 9.84 Å². The molecule has 0 atom stereocenters. The third-order valence-electron chi connectivity index (χ3n) is 4.35. The van der Waals surface area contributed by atoms with Crippen LogP contribution in [0.3, 0.4) is 0 Å². The van der Waals surface area contributed by atoms with E-state index in [2.05, 4.69) is 4.98 Å². The standard InChI is InChI=1S/C22H20F3NO3S/c1-21(2,3)16-10-15(8-9-17(16)29-12-22(23,24)25)18-11-26-19(30-18)13-4-6-14(7-5-13)20(27)28/h4-11H,12H2,1-3H3,(H,27,28). The molecule has 158 valence electrons. The molecule has 0 fully saturated rings. The van der Waals surface area contributed by atoms with Gasteiger partial charge in [-0.05, 0) is 41.3 Å². The maximum Gasteiger partial charge on any atom is 0.422 e. The predicted octanol–water partition coefficient (Wildman–Crippen LogP) is 6.41. The SMILES string of the molecule is CC(C)(C)c1cc(-c2cnc(-c3ccc(C(=O)O)cc3)s2)ccc1OCC(F)(F)F. The first-order chi connectivity index (χ1) is 13.9. The zero-order valence-corrected chi connectivity index (χ0v) is 17.4. The van der Waals surface area contributed by atoms with Crippen molar-refractivity contribution in [3.63, 3.8) is 0 Å². The smallest absolute Gasteiger partial charge is 0.422 e. The van der Waals surface area contributed by atoms with Gasteiger partial charge < -0.3 is 9.84 Å². The quantitative estimate of drug-likeness (QED) is 0.503. The topological polar surface area (TPSA) is 59.4 Å². The first kappa shape index (κ1) is 21.8. The summed E-state index contributed by atoms with van der Waals surface area (Å²) in [6, 6.07) is 11.5. The molecule has 0 saturated heterocycles. The second kappa shape index (κ2) is 8.10. The van der Waals surface area contributed by atoms with Crippen LogP contribution in [0.2, 0.25) is 0 Å². The highest BCUT2D eigenvalue weighted by molar-refractivity contribution is 7.18. The molecular weight excluding hydrogens is 415 g/mol. The van der Waals surface area contributed by atoms with Crippen LogP contribution in [0, 0.1) is 0 Å². The average Bonchev–Trinajstić information content (AvgIpc) is 3.15. The van der Waals surface area contributed by atoms with Gasteiger partial charge in [0, 0.05) is 17.3 Å². The van der Waals surface area contributed by atoms with Gasteiger partial charge in [-0.3, -0.25) is 0 Å². The van der Waals surface area contributed by atoms with Gasteiger partial charge in [0.05, 0.1) is 10.4 Å². The van der Waals surface area contributed by atoms with Crippen LogP contribution in [0.15, 0.2) is 48.7 Å². The molecule has 0 aliphatic rings. The van der Waals surface area contributed by atoms with Crippen molar-refractivity contribution < 1.29 is 27.8 Å². The van der Waals surface area contributed by atoms with Crippen molar-refractivity contribution in [2.75, 3.05) is 6.61 Å². The van der Waals surface area contributed by atoms with Gasteiger partial charge in [0.15, 0.2) is 6.61 Å². The summed E-state index contributed by atoms with van der Waals surface area (Å²) in [5.41, 5.74) is 2.06. The highest BCUT2D eigenvalue weighted by Crippen LogP contribution is 2.38. The van der Waals surface area contributed by atoms with E-state index in [-0.39, 0.29) is 11.3 Å². The van der Waals surface area contributed by atoms with Crippen LogP contribution in [-0.2, 0) is 5.41 Å². The van der Waals surface area contributed by atoms with Crippen LogP contribution in [0.5, 0.6) is 5.75 Å². The van der Waals surface area contributed by atoms with E-state index in [1.54, 1.807) is 30.5 Å². The molecule has 8 heteroatoms. The summed E-state index contributed by atoms with van der Waals surface area (Å²) in [7, 11) is 0. The Kier molecular flexibility index (Phi) is 5.90. The number of ether oxygens (including phenoxy) is 1. The zero-order chi connectivity index (χ0) is 22.1. The summed E-state index contributed by atoms with van der Waals surface area (Å²) >= 11 is 1.42. The van der Waals surface area contributed by atoms with Gasteiger partial charge in [0.1, 0.15) is 10.8 Å². The van der Waals surface area contributed by atoms with Gasteiger partial charge in [0.2, 0.25) is 0 Å². The molecule has 4 nitrogen and oxygen atoms in total. The molecule has 3 rings (SSSR count). The Morgan fingerprint density at radius 1 is 1.07 bits per heavy atom. The largest absolute Gasteiger partial charge is 0.484 e. The second-order valence-electron chi connectivity index (χ2n) is 7.78. The molecule has 0 spiro atoms. The lowest BCUT2D eigenvalue weighted by atomic mass is 9.85. The molecule has 0 saturated carbocycles. The van der Waals surface area contributed by atoms with Gasteiger partial charge in [0.25, 0.3) is 0 Å². The highest BCUT2D eigenvalue weighted by Gasteiger charge is 2.30. The Morgan fingerprint density at radius 3 is 2.27 bits per heavy atom. The lowest BCUT2D eigenvalue weighted by Gasteiger charge is -2.24. The minimum absolute atomic E-state index is 0.194. The van der Waals surface area contributed by atoms with Crippen molar-refractivity contribution in [1.29, 1.82) is 0 Å². The van der Waals surface area contributed by atoms with Crippen molar-refractivity contribution in [1.82, 2.24) is 4.98 Å². The number of hydrogen-bond acceptors (Lipinski definition) is 4. The van der Waals surface area contributed by atoms with Crippen molar-refractivity contribution in [3.8, 4) is 26.8 Å². The molecule has 0 radical (unpaired) electrons. The molecule has 3 aromatic rings. The Bertz CT molecular complexity index is 1050. The fourth-order valence-electron chi connectivity index (χ4n) is 2.85. The number of carboxylic acid groups (broad SMARTS) is 1. The van der Waals surface area contributed by atoms with Crippen LogP contribution in [0.1, 0.15) is 36.7 Å². The van der Waals surface area contributed by atoms with Crippen molar-refractivity contribution >= 4 is 17.3 Å². The van der Waals surface area contributed by atoms with E-state index < -0.39 is 24.2 Å². The Labute approximate surface area is 176 Å². The van der Waals surface area contributed by atoms with Crippen molar-refractivity contribution in [2.45, 2.75) is 32.4 Å². The number of carbonyl (C=O) groups is 1. The minimum atomic E-state index is -4.41. The third-order valence-corrected chi connectivity index (χ3v) is 5.44. The van der Waals surface area contributed by atoms with Crippen LogP contribution in [-0.4, -0.2) is 28.8 Å². The lowest BCUT2D eigenvalue weighted by Crippen LogP contribution is -2.21. The van der Waals surface area contributed by atoms with E-state index in [1.807, 2.05) is 26.8 Å². The number of aromatic nitrogens is 1. The summed E-state index contributed by atoms with van der Waals surface area (Å²) in [6.07, 6.45) is -2.71. The molecule has 1 heterocycles. The maximum absolute atomic E-state index is 12.6. The van der Waals surface area contributed by atoms with Crippen LogP contribution in [0.25, 0.3) is 21.0 Å². The van der Waals surface area contributed by atoms with Gasteiger partial charge in [-0.2, -0.15) is 13.2 Å². The first-order valence-electron chi connectivity index (χ1n) is 9.08. The molecule has 30 heavy (non-hydrogen) atoms. The van der Waals surface area contributed by atoms with E-state index in [1.165, 1.54) is 23.5 Å². The number of halogens is 3. The Balaban J connectivity index is 1.91. The van der Waals surface area contributed by atoms with Crippen molar-refractivity contribution in [2.24, 2.45) is 0 Å². The lowest BCUT2D eigenvalue weighted by molar-refractivity contribution is -0.153. The minimum Gasteiger partial charge on any atom is -0.484 e. The van der Waals surface area contributed by atoms with Crippen molar-refractivity contribution in [3.05, 3.63) is 59.8 Å². The number of aromatic carboxylic acids is 1. The number of alkyl halides is 3. The first-order valence-corrected chi connectivity index (χ1v) is 9.90. The molecule has 1 aromatic heterocycles. The molecule has 0 amide bonds. The van der Waals surface area contributed by atoms with Crippen LogP contribution < -0.4 is 4.74 Å². The maximum atomic E-state index is 12.6. The zero-order valence-electron chi connectivity index (χ0n) is 16.6. The number of rotatable bonds is 5. The number of nitrogens with zero attached hydrogens (tertiary/aromatic N) is 1. The van der Waals surface area contributed by atoms with Crippen LogP contribution in [0.4, 0.5) is 13.2 Å². The van der Waals surface area contributed by atoms with E-state index in [0.29, 0.717) is 5.56 Å². The second-order valence-corrected chi connectivity index (χ2v) is 8.81. The summed E-state index contributed by atoms with van der Waals surface area (Å²) in [4.78, 5) is 16.3. The molecule has 0 aliphatic carbocycles. The molecule has 0 unspecified atom stereocenters. The molecule has 0 bridgehead atoms. The van der Waals surface area contributed by atoms with Gasteiger partial charge in [-0.25, -0.2) is 9.78 Å². The monoisotopic (exact) mass is 435 g/mol. The summed E-state index contributed by atoms with van der Waals surface area (Å²) in [5.74, 6) is -0.790. The number of hydrogen-bond donors (Lipinski definition) is 1. The van der Waals surface area contributed by atoms with Gasteiger partial charge in [-0.15, -0.1) is 11.3 Å². The number of benzene rings is 2. The number of thiazole rings is 1. The molecular formula is C22H20F3NO3S. The highest BCUT2D eigenvalue weighted by atomic mass is 32.1. The Hall–Kier alpha value is -2.87. The van der Waals surface area contributed by atoms with Crippen LogP contribution >= 0.6 is 11.3 Å². The molecule has 0 aliphatic heterocycles. The molecule has 2 aromatic carbocycles. The normalized spacial score (nSPS) is 12.1. The third kappa shape index (κ3) is 5.18. The number of carboxylic acids is 1. The Morgan fingerprint density at radius 2 is 1.70 bits per heavy atom. The summed E-state index contributed by atoms with van der Waals surface area (Å²) < 4.78 is 42.8. The van der Waals surface area contributed by atoms with E-state index >= 15 is 0 Å². The van der Waals surface area contributed by atoms with Gasteiger partial charge in [-0.1, -0.05) is 32.9 Å². The summed E-state index contributed by atoms with van der Waals surface area (Å²) in [5, 5.41) is 9.73. The predicted molar refractivity (Wildman–Crippen MR) is 110 cm³/mol. The average molecular weight is 435 g/mol. The van der Waals surface area contributed by atoms with Gasteiger partial charge >= 0.3 is 12.1 Å². The summed E-state index contributed by atoms with van der Waals surface area (Å²) in [6.45, 7) is 4.39. The fourth-order valence-corrected chi connectivity index (χ4v) is 3.77. The van der Waals surface area contributed by atoms with E-state index in [0.717, 1.165) is 21.0 Å². The fraction of sp³-hybridized carbons (Fsp3) is 0.273.